The first-order chi connectivity index (χ1) is 39.0. The van der Waals surface area contributed by atoms with Crippen molar-refractivity contribution in [3.8, 4) is 22.6 Å². The lowest BCUT2D eigenvalue weighted by Gasteiger charge is -2.40. The molecule has 3 aliphatic heterocycles. The van der Waals surface area contributed by atoms with Crippen molar-refractivity contribution in [2.75, 3.05) is 136 Å². The number of morpholine rings is 1. The molecule has 80 heavy (non-hydrogen) atoms. The predicted octanol–water partition coefficient (Wildman–Crippen LogP) is 10.5. The Labute approximate surface area is 470 Å². The molecular formula is C65H78N2O13. The fourth-order valence-electron chi connectivity index (χ4n) is 11.5. The number of methoxy groups -OCH3 is 1. The van der Waals surface area contributed by atoms with E-state index >= 15 is 0 Å². The molecule has 5 aromatic rings. The lowest BCUT2D eigenvalue weighted by molar-refractivity contribution is -0.145. The summed E-state index contributed by atoms with van der Waals surface area (Å²) in [6.07, 6.45) is 7.78. The maximum Gasteiger partial charge on any atom is 0.330 e. The molecule has 1 aliphatic carbocycles. The van der Waals surface area contributed by atoms with Gasteiger partial charge in [0.15, 0.2) is 5.60 Å². The van der Waals surface area contributed by atoms with Crippen molar-refractivity contribution in [3.63, 3.8) is 0 Å². The Hall–Kier alpha value is -6.56. The van der Waals surface area contributed by atoms with E-state index in [0.717, 1.165) is 80.8 Å². The van der Waals surface area contributed by atoms with Crippen LogP contribution in [0.15, 0.2) is 121 Å². The number of carbonyl (C=O) groups excluding carboxylic acids is 1. The summed E-state index contributed by atoms with van der Waals surface area (Å²) in [6, 6.07) is 32.0. The van der Waals surface area contributed by atoms with E-state index in [1.807, 2.05) is 13.0 Å². The average molecular weight is 1100 g/mol. The number of rotatable bonds is 29. The number of nitrogens with zero attached hydrogens (tertiary/aromatic N) is 2. The lowest BCUT2D eigenvalue weighted by Crippen LogP contribution is -2.37. The molecule has 0 aromatic heterocycles. The molecule has 15 nitrogen and oxygen atoms in total. The molecule has 0 saturated carbocycles. The van der Waals surface area contributed by atoms with Gasteiger partial charge in [0.2, 0.25) is 0 Å². The zero-order chi connectivity index (χ0) is 55.9. The summed E-state index contributed by atoms with van der Waals surface area (Å²) in [4.78, 5) is 30.3. The largest absolute Gasteiger partial charge is 0.495 e. The van der Waals surface area contributed by atoms with E-state index in [0.29, 0.717) is 117 Å². The van der Waals surface area contributed by atoms with Crippen LogP contribution in [0.1, 0.15) is 74.3 Å². The van der Waals surface area contributed by atoms with E-state index in [2.05, 4.69) is 127 Å². The van der Waals surface area contributed by atoms with Gasteiger partial charge in [-0.25, -0.2) is 4.79 Å². The Balaban J connectivity index is 0.863. The number of piperidine rings is 1. The van der Waals surface area contributed by atoms with Crippen molar-refractivity contribution in [1.29, 1.82) is 0 Å². The highest BCUT2D eigenvalue weighted by molar-refractivity contribution is 6.10. The van der Waals surface area contributed by atoms with Crippen molar-refractivity contribution < 1.29 is 62.1 Å². The van der Waals surface area contributed by atoms with Crippen LogP contribution in [0.25, 0.3) is 28.0 Å². The molecule has 5 aromatic carbocycles. The first-order valence-electron chi connectivity index (χ1n) is 28.2. The van der Waals surface area contributed by atoms with Crippen molar-refractivity contribution >= 4 is 40.2 Å². The first-order valence-corrected chi connectivity index (χ1v) is 28.2. The second kappa shape index (κ2) is 27.7. The lowest BCUT2D eigenvalue weighted by atomic mass is 9.76. The van der Waals surface area contributed by atoms with E-state index in [9.17, 15) is 14.7 Å². The zero-order valence-electron chi connectivity index (χ0n) is 47.0. The number of carbonyl (C=O) groups is 2. The highest BCUT2D eigenvalue weighted by Crippen LogP contribution is 2.59. The summed E-state index contributed by atoms with van der Waals surface area (Å²) in [5, 5.41) is 12.3. The zero-order valence-corrected chi connectivity index (χ0v) is 47.0. The molecule has 0 spiro atoms. The number of carboxylic acids is 1. The number of allylic oxidation sites excluding steroid dienone is 1. The van der Waals surface area contributed by atoms with Gasteiger partial charge >= 0.3 is 11.9 Å². The third-order valence-corrected chi connectivity index (χ3v) is 15.3. The van der Waals surface area contributed by atoms with E-state index in [1.165, 1.54) is 17.2 Å². The Bertz CT molecular complexity index is 2970. The quantitative estimate of drug-likeness (QED) is 0.0209. The first kappa shape index (κ1) is 58.1. The molecule has 9 rings (SSSR count). The molecule has 0 bridgehead atoms. The minimum absolute atomic E-state index is 0.0970. The number of benzene rings is 5. The predicted molar refractivity (Wildman–Crippen MR) is 310 cm³/mol. The van der Waals surface area contributed by atoms with E-state index in [4.69, 9.17) is 47.4 Å². The van der Waals surface area contributed by atoms with Crippen molar-refractivity contribution in [3.05, 3.63) is 149 Å². The number of anilines is 2. The van der Waals surface area contributed by atoms with Crippen LogP contribution in [0.3, 0.4) is 0 Å². The maximum atomic E-state index is 13.2. The molecule has 15 heteroatoms. The number of fused-ring (bicyclic) bond motifs is 8. The summed E-state index contributed by atoms with van der Waals surface area (Å²) >= 11 is 0. The minimum atomic E-state index is -1.06. The van der Waals surface area contributed by atoms with Crippen LogP contribution >= 0.6 is 0 Å². The van der Waals surface area contributed by atoms with Gasteiger partial charge in [-0.15, -0.1) is 0 Å². The second-order valence-corrected chi connectivity index (χ2v) is 21.1. The fourth-order valence-corrected chi connectivity index (χ4v) is 11.5. The average Bonchev–Trinajstić information content (AvgIpc) is 3.89. The number of esters is 1. The molecule has 2 atom stereocenters. The van der Waals surface area contributed by atoms with Crippen LogP contribution in [-0.4, -0.2) is 143 Å². The van der Waals surface area contributed by atoms with Gasteiger partial charge < -0.3 is 62.3 Å². The number of hydrogen-bond acceptors (Lipinski definition) is 14. The van der Waals surface area contributed by atoms with Gasteiger partial charge in [0, 0.05) is 76.9 Å². The molecule has 426 valence electrons. The van der Waals surface area contributed by atoms with Gasteiger partial charge in [0.25, 0.3) is 0 Å². The van der Waals surface area contributed by atoms with Gasteiger partial charge in [-0.05, 0) is 84.2 Å². The molecule has 0 radical (unpaired) electrons. The Morgan fingerprint density at radius 1 is 0.750 bits per heavy atom. The molecular weight excluding hydrogens is 1020 g/mol. The standard InChI is InChI=1S/C65H78N2O13/c1-46(2)45-78-39-38-76-35-34-74-31-30-73-32-33-75-36-37-77-40-41-79-60(70)22-17-47-12-11-25-67(56(47)44-59(68)69)57-42-53-54(43-58(57)71-5)63-52(62-61(53)51-15-9-10-16-55(51)64(62,3)4)23-24-65(80-63,48-13-7-6-8-14-48)49-18-20-50(21-19-49)66-26-28-72-29-27-66/h6-10,13-16,18-21,23-24,42-44,47H,1,11-12,17,22,25-41,45H2,2-5H3,(H,68,69)/b56-44-. The molecule has 4 aliphatic rings. The normalized spacial score (nSPS) is 18.6. The van der Waals surface area contributed by atoms with Crippen molar-refractivity contribution in [2.24, 2.45) is 5.92 Å². The van der Waals surface area contributed by atoms with Crippen molar-refractivity contribution in [2.45, 2.75) is 57.5 Å². The van der Waals surface area contributed by atoms with Crippen molar-refractivity contribution in [1.82, 2.24) is 0 Å². The highest BCUT2D eigenvalue weighted by Gasteiger charge is 2.45. The molecule has 3 heterocycles. The van der Waals surface area contributed by atoms with Gasteiger partial charge in [-0.2, -0.15) is 0 Å². The number of ether oxygens (including phenoxy) is 10. The van der Waals surface area contributed by atoms with Crippen LogP contribution in [0.4, 0.5) is 11.4 Å². The van der Waals surface area contributed by atoms with Crippen LogP contribution in [0.5, 0.6) is 11.5 Å². The monoisotopic (exact) mass is 1090 g/mol. The Morgan fingerprint density at radius 3 is 2.00 bits per heavy atom. The molecule has 0 amide bonds. The molecule has 2 unspecified atom stereocenters. The SMILES string of the molecule is C=C(C)COCCOCCOCCOCCOCCOCCOC(=O)CCC1CCCN(c2cc3c4c(c5c(c3cc2OC)OC(c2ccccc2)(c2ccc(N3CCOCC3)cc2)C=C5)C(C)(C)c2ccccc2-4)/C1=C\C(=O)O. The van der Waals surface area contributed by atoms with Crippen LogP contribution in [-0.2, 0) is 58.5 Å². The summed E-state index contributed by atoms with van der Waals surface area (Å²) in [5.74, 6) is -0.335. The van der Waals surface area contributed by atoms with Crippen LogP contribution < -0.4 is 19.3 Å². The number of carboxylic acid groups (broad SMARTS) is 1. The highest BCUT2D eigenvalue weighted by atomic mass is 16.6. The number of aliphatic carboxylic acids is 1. The third kappa shape index (κ3) is 13.6. The molecule has 2 fully saturated rings. The molecule has 2 saturated heterocycles. The fraction of sp³-hybridized carbons (Fsp3) is 0.446. The van der Waals surface area contributed by atoms with E-state index < -0.39 is 17.0 Å². The summed E-state index contributed by atoms with van der Waals surface area (Å²) in [6.45, 7) is 19.3. The van der Waals surface area contributed by atoms with E-state index in [1.54, 1.807) is 7.11 Å². The van der Waals surface area contributed by atoms with Gasteiger partial charge in [-0.3, -0.25) is 4.79 Å². The van der Waals surface area contributed by atoms with Gasteiger partial charge in [-0.1, -0.05) is 98.8 Å². The van der Waals surface area contributed by atoms with Gasteiger partial charge in [0.1, 0.15) is 18.1 Å². The minimum Gasteiger partial charge on any atom is -0.495 e. The molecule has 1 N–H and O–H groups in total. The van der Waals surface area contributed by atoms with Gasteiger partial charge in [0.05, 0.1) is 105 Å². The van der Waals surface area contributed by atoms with Crippen LogP contribution in [0, 0.1) is 5.92 Å². The third-order valence-electron chi connectivity index (χ3n) is 15.3. The summed E-state index contributed by atoms with van der Waals surface area (Å²) in [7, 11) is 1.66. The van der Waals surface area contributed by atoms with E-state index in [-0.39, 0.29) is 31.5 Å². The second-order valence-electron chi connectivity index (χ2n) is 21.1. The summed E-state index contributed by atoms with van der Waals surface area (Å²) < 4.78 is 58.4. The summed E-state index contributed by atoms with van der Waals surface area (Å²) in [5.41, 5.74) is 9.78. The number of hydrogen-bond donors (Lipinski definition) is 1. The van der Waals surface area contributed by atoms with Crippen LogP contribution in [0.2, 0.25) is 0 Å². The Morgan fingerprint density at radius 2 is 1.36 bits per heavy atom. The maximum absolute atomic E-state index is 13.2. The topological polar surface area (TPSA) is 153 Å². The smallest absolute Gasteiger partial charge is 0.330 e. The Kier molecular flexibility index (Phi) is 20.1.